The molecule has 0 bridgehead atoms. The molecule has 2 atom stereocenters. The summed E-state index contributed by atoms with van der Waals surface area (Å²) >= 11 is 0. The van der Waals surface area contributed by atoms with Gasteiger partial charge in [-0.05, 0) is 86.4 Å². The van der Waals surface area contributed by atoms with Crippen LogP contribution >= 0.6 is 0 Å². The lowest BCUT2D eigenvalue weighted by molar-refractivity contribution is -0.136. The second-order valence-corrected chi connectivity index (χ2v) is 10.6. The number of carboxylic acids is 1. The first-order valence-electron chi connectivity index (χ1n) is 11.9. The van der Waals surface area contributed by atoms with Gasteiger partial charge in [0, 0.05) is 11.7 Å². The average Bonchev–Trinajstić information content (AvgIpc) is 3.04. The summed E-state index contributed by atoms with van der Waals surface area (Å²) in [6, 6.07) is 14.1. The molecule has 1 aliphatic carbocycles. The monoisotopic (exact) mass is 449 g/mol. The molecule has 0 spiro atoms. The van der Waals surface area contributed by atoms with Gasteiger partial charge in [-0.2, -0.15) is 0 Å². The predicted molar refractivity (Wildman–Crippen MR) is 132 cm³/mol. The lowest BCUT2D eigenvalue weighted by atomic mass is 9.70. The third-order valence-electron chi connectivity index (χ3n) is 6.32. The van der Waals surface area contributed by atoms with E-state index in [0.29, 0.717) is 12.0 Å². The normalized spacial score (nSPS) is 20.2. The minimum atomic E-state index is -0.835. The van der Waals surface area contributed by atoms with Crippen molar-refractivity contribution in [3.63, 3.8) is 0 Å². The number of fused-ring (bicyclic) bond motifs is 1. The van der Waals surface area contributed by atoms with Gasteiger partial charge >= 0.3 is 5.97 Å². The van der Waals surface area contributed by atoms with Crippen molar-refractivity contribution in [2.75, 3.05) is 5.32 Å². The predicted octanol–water partition coefficient (Wildman–Crippen LogP) is 6.58. The molecular formula is C27H35N3O3. The highest BCUT2D eigenvalue weighted by atomic mass is 16.5. The number of aliphatic carboxylic acids is 1. The van der Waals surface area contributed by atoms with Crippen LogP contribution in [0.5, 0.6) is 5.75 Å². The number of rotatable bonds is 7. The van der Waals surface area contributed by atoms with E-state index in [-0.39, 0.29) is 17.9 Å². The molecule has 0 radical (unpaired) electrons. The number of carbonyl (C=O) groups is 1. The zero-order valence-electron chi connectivity index (χ0n) is 20.3. The van der Waals surface area contributed by atoms with Crippen LogP contribution in [0.3, 0.4) is 0 Å². The first-order chi connectivity index (χ1) is 15.6. The largest absolute Gasteiger partial charge is 0.491 e. The van der Waals surface area contributed by atoms with Crippen LogP contribution in [0, 0.1) is 11.3 Å². The molecule has 1 fully saturated rings. The van der Waals surface area contributed by atoms with Gasteiger partial charge in [0.2, 0.25) is 5.95 Å². The summed E-state index contributed by atoms with van der Waals surface area (Å²) in [6.45, 7) is 11.1. The summed E-state index contributed by atoms with van der Waals surface area (Å²) in [6.07, 6.45) is 3.52. The summed E-state index contributed by atoms with van der Waals surface area (Å²) in [5, 5.41) is 12.7. The molecule has 1 heterocycles. The fourth-order valence-corrected chi connectivity index (χ4v) is 5.40. The molecule has 0 amide bonds. The standard InChI is InChI=1S/C27H35N3O3/c1-17(2)33-22-9-7-20(8-10-22)28-26-29-23-13-19(14-25(31)32)6-11-24(23)30(26)21-12-18(3)15-27(4,5)16-21/h6-11,13,17-18,21H,12,14-16H2,1-5H3,(H,28,29)(H,31,32)/t18-,21-/m0/s1. The van der Waals surface area contributed by atoms with E-state index in [1.165, 1.54) is 6.42 Å². The van der Waals surface area contributed by atoms with Crippen molar-refractivity contribution in [1.82, 2.24) is 9.55 Å². The van der Waals surface area contributed by atoms with E-state index in [2.05, 4.69) is 30.7 Å². The average molecular weight is 450 g/mol. The highest BCUT2D eigenvalue weighted by molar-refractivity contribution is 5.82. The van der Waals surface area contributed by atoms with Gasteiger partial charge in [0.1, 0.15) is 5.75 Å². The highest BCUT2D eigenvalue weighted by Gasteiger charge is 2.34. The maximum absolute atomic E-state index is 11.2. The molecule has 1 saturated carbocycles. The second kappa shape index (κ2) is 9.08. The summed E-state index contributed by atoms with van der Waals surface area (Å²) < 4.78 is 8.10. The van der Waals surface area contributed by atoms with Crippen molar-refractivity contribution in [1.29, 1.82) is 0 Å². The minimum Gasteiger partial charge on any atom is -0.491 e. The van der Waals surface area contributed by atoms with E-state index in [9.17, 15) is 9.90 Å². The third-order valence-corrected chi connectivity index (χ3v) is 6.32. The number of imidazole rings is 1. The number of hydrogen-bond acceptors (Lipinski definition) is 4. The Balaban J connectivity index is 1.73. The van der Waals surface area contributed by atoms with Crippen LogP contribution in [0.25, 0.3) is 11.0 Å². The number of carboxylic acid groups (broad SMARTS) is 1. The molecule has 6 nitrogen and oxygen atoms in total. The molecule has 3 aromatic rings. The van der Waals surface area contributed by atoms with Gasteiger partial charge in [-0.1, -0.05) is 26.8 Å². The van der Waals surface area contributed by atoms with Gasteiger partial charge in [0.15, 0.2) is 0 Å². The first kappa shape index (κ1) is 23.1. The summed E-state index contributed by atoms with van der Waals surface area (Å²) in [5.41, 5.74) is 3.83. The smallest absolute Gasteiger partial charge is 0.307 e. The molecule has 176 valence electrons. The van der Waals surface area contributed by atoms with Crippen molar-refractivity contribution in [2.24, 2.45) is 11.3 Å². The fraction of sp³-hybridized carbons (Fsp3) is 0.481. The van der Waals surface area contributed by atoms with E-state index in [0.717, 1.165) is 46.8 Å². The Kier molecular flexibility index (Phi) is 6.37. The van der Waals surface area contributed by atoms with Gasteiger partial charge in [-0.15, -0.1) is 0 Å². The zero-order chi connectivity index (χ0) is 23.8. The maximum Gasteiger partial charge on any atom is 0.307 e. The van der Waals surface area contributed by atoms with Gasteiger partial charge in [-0.3, -0.25) is 4.79 Å². The SMILES string of the molecule is CC(C)Oc1ccc(Nc2nc3cc(CC(=O)O)ccc3n2[C@H]2C[C@H](C)CC(C)(C)C2)cc1. The Bertz CT molecular complexity index is 1130. The van der Waals surface area contributed by atoms with Crippen molar-refractivity contribution in [3.05, 3.63) is 48.0 Å². The van der Waals surface area contributed by atoms with E-state index < -0.39 is 5.97 Å². The summed E-state index contributed by atoms with van der Waals surface area (Å²) in [5.74, 6) is 1.43. The van der Waals surface area contributed by atoms with Crippen molar-refractivity contribution in [3.8, 4) is 5.75 Å². The first-order valence-corrected chi connectivity index (χ1v) is 11.9. The Morgan fingerprint density at radius 2 is 1.94 bits per heavy atom. The van der Waals surface area contributed by atoms with Crippen LogP contribution in [0.1, 0.15) is 65.5 Å². The molecule has 0 aliphatic heterocycles. The highest BCUT2D eigenvalue weighted by Crippen LogP contribution is 2.46. The van der Waals surface area contributed by atoms with Crippen LogP contribution in [0.15, 0.2) is 42.5 Å². The van der Waals surface area contributed by atoms with Crippen molar-refractivity contribution in [2.45, 2.75) is 72.4 Å². The Morgan fingerprint density at radius 3 is 2.58 bits per heavy atom. The number of nitrogens with one attached hydrogen (secondary N) is 1. The van der Waals surface area contributed by atoms with Gasteiger partial charge < -0.3 is 19.7 Å². The Hall–Kier alpha value is -3.02. The molecule has 2 aromatic carbocycles. The van der Waals surface area contributed by atoms with E-state index >= 15 is 0 Å². The number of ether oxygens (including phenoxy) is 1. The molecule has 1 aromatic heterocycles. The van der Waals surface area contributed by atoms with Crippen LogP contribution in [-0.4, -0.2) is 26.7 Å². The summed E-state index contributed by atoms with van der Waals surface area (Å²) in [4.78, 5) is 16.1. The lowest BCUT2D eigenvalue weighted by Crippen LogP contribution is -2.29. The minimum absolute atomic E-state index is 0.00360. The Morgan fingerprint density at radius 1 is 1.21 bits per heavy atom. The molecule has 1 aliphatic rings. The summed E-state index contributed by atoms with van der Waals surface area (Å²) in [7, 11) is 0. The van der Waals surface area contributed by atoms with Gasteiger partial charge in [0.05, 0.1) is 23.6 Å². The van der Waals surface area contributed by atoms with Gasteiger partial charge in [0.25, 0.3) is 0 Å². The fourth-order valence-electron chi connectivity index (χ4n) is 5.40. The number of aromatic nitrogens is 2. The number of benzene rings is 2. The number of anilines is 2. The Labute approximate surface area is 196 Å². The lowest BCUT2D eigenvalue weighted by Gasteiger charge is -2.40. The second-order valence-electron chi connectivity index (χ2n) is 10.6. The molecular weight excluding hydrogens is 414 g/mol. The van der Waals surface area contributed by atoms with Crippen LogP contribution in [-0.2, 0) is 11.2 Å². The molecule has 0 saturated heterocycles. The molecule has 33 heavy (non-hydrogen) atoms. The van der Waals surface area contributed by atoms with Gasteiger partial charge in [-0.25, -0.2) is 4.98 Å². The molecule has 2 N–H and O–H groups in total. The van der Waals surface area contributed by atoms with Crippen LogP contribution in [0.4, 0.5) is 11.6 Å². The van der Waals surface area contributed by atoms with Crippen LogP contribution < -0.4 is 10.1 Å². The van der Waals surface area contributed by atoms with Crippen molar-refractivity contribution >= 4 is 28.6 Å². The molecule has 0 unspecified atom stereocenters. The van der Waals surface area contributed by atoms with E-state index in [1.54, 1.807) is 0 Å². The maximum atomic E-state index is 11.2. The molecule has 4 rings (SSSR count). The number of hydrogen-bond donors (Lipinski definition) is 2. The third kappa shape index (κ3) is 5.49. The van der Waals surface area contributed by atoms with Crippen LogP contribution in [0.2, 0.25) is 0 Å². The van der Waals surface area contributed by atoms with E-state index in [1.807, 2.05) is 56.3 Å². The van der Waals surface area contributed by atoms with Crippen molar-refractivity contribution < 1.29 is 14.6 Å². The number of nitrogens with zero attached hydrogens (tertiary/aromatic N) is 2. The van der Waals surface area contributed by atoms with E-state index in [4.69, 9.17) is 9.72 Å². The molecule has 6 heteroatoms. The zero-order valence-corrected chi connectivity index (χ0v) is 20.3. The topological polar surface area (TPSA) is 76.4 Å². The quantitative estimate of drug-likeness (QED) is 0.426.